The van der Waals surface area contributed by atoms with Crippen molar-refractivity contribution in [3.63, 3.8) is 0 Å². The number of carbonyl (C=O) groups excluding carboxylic acids is 1. The molecular weight excluding hydrogens is 360 g/mol. The number of likely N-dealkylation sites (tertiary alicyclic amines) is 2. The van der Waals surface area contributed by atoms with E-state index in [2.05, 4.69) is 39.0 Å². The minimum absolute atomic E-state index is 0.0941. The van der Waals surface area contributed by atoms with Crippen molar-refractivity contribution in [1.29, 1.82) is 0 Å². The van der Waals surface area contributed by atoms with Gasteiger partial charge in [-0.2, -0.15) is 0 Å². The summed E-state index contributed by atoms with van der Waals surface area (Å²) in [5.74, 6) is 1.32. The molecule has 2 unspecified atom stereocenters. The number of nitrogens with zero attached hydrogens (tertiary/aromatic N) is 2. The van der Waals surface area contributed by atoms with Crippen molar-refractivity contribution in [1.82, 2.24) is 14.8 Å². The summed E-state index contributed by atoms with van der Waals surface area (Å²) in [4.78, 5) is 20.9. The minimum atomic E-state index is 0.0941. The van der Waals surface area contributed by atoms with Crippen molar-refractivity contribution in [2.45, 2.75) is 12.5 Å². The molecule has 5 heteroatoms. The maximum atomic E-state index is 13.1. The molecule has 150 valence electrons. The third-order valence-corrected chi connectivity index (χ3v) is 6.65. The number of fused-ring (bicyclic) bond motifs is 2. The van der Waals surface area contributed by atoms with E-state index in [-0.39, 0.29) is 11.9 Å². The van der Waals surface area contributed by atoms with E-state index in [0.29, 0.717) is 11.8 Å². The maximum absolute atomic E-state index is 13.1. The summed E-state index contributed by atoms with van der Waals surface area (Å²) < 4.78 is 0. The average molecular weight is 389 g/mol. The molecular formula is C24H28N4O. The molecule has 2 aromatic carbocycles. The van der Waals surface area contributed by atoms with Crippen LogP contribution in [0, 0.1) is 11.8 Å². The smallest absolute Gasteiger partial charge is 0.256 e. The number of nitrogens with two attached hydrogens (primary N) is 1. The van der Waals surface area contributed by atoms with Crippen LogP contribution < -0.4 is 5.73 Å². The van der Waals surface area contributed by atoms with Gasteiger partial charge in [-0.1, -0.05) is 48.5 Å². The summed E-state index contributed by atoms with van der Waals surface area (Å²) in [6.07, 6.45) is 2.83. The first kappa shape index (κ1) is 18.4. The van der Waals surface area contributed by atoms with E-state index >= 15 is 0 Å². The van der Waals surface area contributed by atoms with E-state index in [9.17, 15) is 4.79 Å². The van der Waals surface area contributed by atoms with Gasteiger partial charge in [-0.25, -0.2) is 0 Å². The number of rotatable bonds is 5. The van der Waals surface area contributed by atoms with E-state index in [0.717, 1.165) is 55.6 Å². The molecule has 5 nitrogen and oxygen atoms in total. The molecule has 3 heterocycles. The Kier molecular flexibility index (Phi) is 4.86. The number of para-hydroxylation sites is 1. The predicted molar refractivity (Wildman–Crippen MR) is 116 cm³/mol. The van der Waals surface area contributed by atoms with Crippen LogP contribution in [0.5, 0.6) is 0 Å². The Morgan fingerprint density at radius 1 is 1.00 bits per heavy atom. The highest BCUT2D eigenvalue weighted by molar-refractivity contribution is 6.06. The fraction of sp³-hybridized carbons (Fsp3) is 0.375. The lowest BCUT2D eigenvalue weighted by Crippen LogP contribution is -2.34. The summed E-state index contributed by atoms with van der Waals surface area (Å²) in [5.41, 5.74) is 9.40. The molecule has 3 aromatic rings. The molecule has 5 rings (SSSR count). The molecule has 2 saturated heterocycles. The first-order chi connectivity index (χ1) is 14.2. The minimum Gasteiger partial charge on any atom is -0.360 e. The van der Waals surface area contributed by atoms with E-state index in [1.807, 2.05) is 36.5 Å². The Morgan fingerprint density at radius 3 is 2.45 bits per heavy atom. The summed E-state index contributed by atoms with van der Waals surface area (Å²) in [6, 6.07) is 18.5. The average Bonchev–Trinajstić information content (AvgIpc) is 3.45. The highest BCUT2D eigenvalue weighted by Crippen LogP contribution is 2.33. The molecule has 0 radical (unpaired) electrons. The molecule has 2 aliphatic rings. The first-order valence-electron chi connectivity index (χ1n) is 10.6. The standard InChI is InChI=1S/C24H28N4O/c25-22(17-6-2-1-3-7-17)10-11-27-13-18-15-28(16-19(18)14-27)24(29)21-12-26-23-9-5-4-8-20(21)23/h1-9,12,18-19,22,26H,10-11,13-16,25H2/t18?,19?,22-/m0/s1. The lowest BCUT2D eigenvalue weighted by Gasteiger charge is -2.23. The normalized spacial score (nSPS) is 22.9. The van der Waals surface area contributed by atoms with Gasteiger partial charge in [0.25, 0.3) is 5.91 Å². The zero-order valence-electron chi connectivity index (χ0n) is 16.6. The zero-order valence-corrected chi connectivity index (χ0v) is 16.6. The number of amides is 1. The third kappa shape index (κ3) is 3.56. The van der Waals surface area contributed by atoms with Crippen molar-refractivity contribution >= 4 is 16.8 Å². The van der Waals surface area contributed by atoms with Gasteiger partial charge in [0.2, 0.25) is 0 Å². The van der Waals surface area contributed by atoms with Crippen LogP contribution >= 0.6 is 0 Å². The third-order valence-electron chi connectivity index (χ3n) is 6.65. The fourth-order valence-electron chi connectivity index (χ4n) is 5.05. The van der Waals surface area contributed by atoms with Crippen LogP contribution in [-0.2, 0) is 0 Å². The SMILES string of the molecule is N[C@@H](CCN1CC2CN(C(=O)c3c[nH]c4ccccc34)CC2C1)c1ccccc1. The quantitative estimate of drug-likeness (QED) is 0.705. The van der Waals surface area contributed by atoms with Gasteiger partial charge in [-0.15, -0.1) is 0 Å². The molecule has 3 N–H and O–H groups in total. The van der Waals surface area contributed by atoms with Crippen LogP contribution in [0.1, 0.15) is 28.4 Å². The summed E-state index contributed by atoms with van der Waals surface area (Å²) in [7, 11) is 0. The van der Waals surface area contributed by atoms with Crippen LogP contribution in [0.25, 0.3) is 10.9 Å². The van der Waals surface area contributed by atoms with Gasteiger partial charge in [-0.3, -0.25) is 4.79 Å². The maximum Gasteiger partial charge on any atom is 0.256 e. The number of aromatic amines is 1. The highest BCUT2D eigenvalue weighted by Gasteiger charge is 2.41. The Morgan fingerprint density at radius 2 is 1.69 bits per heavy atom. The largest absolute Gasteiger partial charge is 0.360 e. The first-order valence-corrected chi connectivity index (χ1v) is 10.6. The Labute approximate surface area is 171 Å². The second-order valence-electron chi connectivity index (χ2n) is 8.54. The van der Waals surface area contributed by atoms with Gasteiger partial charge >= 0.3 is 0 Å². The number of hydrogen-bond acceptors (Lipinski definition) is 3. The predicted octanol–water partition coefficient (Wildman–Crippen LogP) is 3.26. The van der Waals surface area contributed by atoms with Gasteiger partial charge in [0.1, 0.15) is 0 Å². The van der Waals surface area contributed by atoms with E-state index in [4.69, 9.17) is 5.73 Å². The van der Waals surface area contributed by atoms with Crippen molar-refractivity contribution < 1.29 is 4.79 Å². The van der Waals surface area contributed by atoms with Gasteiger partial charge in [0, 0.05) is 49.3 Å². The molecule has 1 aromatic heterocycles. The van der Waals surface area contributed by atoms with Crippen LogP contribution in [-0.4, -0.2) is 53.4 Å². The van der Waals surface area contributed by atoms with Crippen molar-refractivity contribution in [2.24, 2.45) is 17.6 Å². The molecule has 0 saturated carbocycles. The molecule has 0 bridgehead atoms. The van der Waals surface area contributed by atoms with Crippen LogP contribution in [0.3, 0.4) is 0 Å². The number of nitrogens with one attached hydrogen (secondary N) is 1. The van der Waals surface area contributed by atoms with Gasteiger partial charge in [-0.05, 0) is 36.4 Å². The van der Waals surface area contributed by atoms with Gasteiger partial charge < -0.3 is 20.5 Å². The molecule has 29 heavy (non-hydrogen) atoms. The monoisotopic (exact) mass is 388 g/mol. The topological polar surface area (TPSA) is 65.4 Å². The molecule has 0 aliphatic carbocycles. The molecule has 2 fully saturated rings. The van der Waals surface area contributed by atoms with Crippen molar-refractivity contribution in [3.8, 4) is 0 Å². The van der Waals surface area contributed by atoms with Crippen molar-refractivity contribution in [3.05, 3.63) is 71.9 Å². The zero-order chi connectivity index (χ0) is 19.8. The van der Waals surface area contributed by atoms with E-state index in [1.54, 1.807) is 0 Å². The molecule has 1 amide bonds. The summed E-state index contributed by atoms with van der Waals surface area (Å²) >= 11 is 0. The Balaban J connectivity index is 1.16. The van der Waals surface area contributed by atoms with Gasteiger partial charge in [0.15, 0.2) is 0 Å². The second kappa shape index (κ2) is 7.65. The number of aromatic nitrogens is 1. The number of hydrogen-bond donors (Lipinski definition) is 2. The summed E-state index contributed by atoms with van der Waals surface area (Å²) in [6.45, 7) is 4.90. The lowest BCUT2D eigenvalue weighted by molar-refractivity contribution is 0.0776. The number of benzene rings is 2. The van der Waals surface area contributed by atoms with Crippen LogP contribution in [0.4, 0.5) is 0 Å². The van der Waals surface area contributed by atoms with E-state index in [1.165, 1.54) is 5.56 Å². The second-order valence-corrected chi connectivity index (χ2v) is 8.54. The molecule has 2 aliphatic heterocycles. The molecule has 0 spiro atoms. The number of H-pyrrole nitrogens is 1. The fourth-order valence-corrected chi connectivity index (χ4v) is 5.05. The highest BCUT2D eigenvalue weighted by atomic mass is 16.2. The lowest BCUT2D eigenvalue weighted by atomic mass is 10.0. The van der Waals surface area contributed by atoms with Gasteiger partial charge in [0.05, 0.1) is 5.56 Å². The Bertz CT molecular complexity index is 984. The van der Waals surface area contributed by atoms with Crippen LogP contribution in [0.15, 0.2) is 60.8 Å². The molecule has 3 atom stereocenters. The Hall–Kier alpha value is -2.63. The van der Waals surface area contributed by atoms with Crippen molar-refractivity contribution in [2.75, 3.05) is 32.7 Å². The number of carbonyl (C=O) groups is 1. The van der Waals surface area contributed by atoms with E-state index < -0.39 is 0 Å². The van der Waals surface area contributed by atoms with Crippen LogP contribution in [0.2, 0.25) is 0 Å². The summed E-state index contributed by atoms with van der Waals surface area (Å²) in [5, 5.41) is 1.02.